The van der Waals surface area contributed by atoms with Gasteiger partial charge < -0.3 is 20.7 Å². The Balaban J connectivity index is 2.11. The van der Waals surface area contributed by atoms with Crippen LogP contribution in [-0.4, -0.2) is 50.4 Å². The Kier molecular flexibility index (Phi) is 4.34. The van der Waals surface area contributed by atoms with Crippen molar-refractivity contribution in [3.05, 3.63) is 22.7 Å². The standard InChI is InChI=1S/C13H17ClN4O2/c1-18-4-3-16-12(18)7-17-13(19)8-5-9(14)10(15)6-11(8)20-2/h5-6H,3-4,7,15H2,1-2H3,(H,17,19). The zero-order valence-electron chi connectivity index (χ0n) is 11.4. The number of ether oxygens (including phenoxy) is 1. The van der Waals surface area contributed by atoms with E-state index in [9.17, 15) is 4.79 Å². The molecule has 0 fully saturated rings. The van der Waals surface area contributed by atoms with E-state index in [-0.39, 0.29) is 5.91 Å². The number of amides is 1. The normalized spacial score (nSPS) is 14.2. The molecule has 0 saturated carbocycles. The first-order valence-electron chi connectivity index (χ1n) is 6.18. The van der Waals surface area contributed by atoms with Crippen molar-refractivity contribution >= 4 is 29.0 Å². The van der Waals surface area contributed by atoms with Crippen LogP contribution >= 0.6 is 11.6 Å². The van der Waals surface area contributed by atoms with Crippen LogP contribution in [0.2, 0.25) is 5.02 Å². The average Bonchev–Trinajstić information content (AvgIpc) is 2.84. The molecule has 2 rings (SSSR count). The lowest BCUT2D eigenvalue weighted by Crippen LogP contribution is -2.36. The topological polar surface area (TPSA) is 79.9 Å². The number of amidine groups is 1. The number of rotatable bonds is 4. The molecule has 0 unspecified atom stereocenters. The Morgan fingerprint density at radius 3 is 2.95 bits per heavy atom. The van der Waals surface area contributed by atoms with Gasteiger partial charge in [-0.1, -0.05) is 11.6 Å². The smallest absolute Gasteiger partial charge is 0.255 e. The van der Waals surface area contributed by atoms with E-state index in [2.05, 4.69) is 10.3 Å². The molecule has 0 saturated heterocycles. The molecular formula is C13H17ClN4O2. The SMILES string of the molecule is COc1cc(N)c(Cl)cc1C(=O)NCC1=NCCN1C. The first kappa shape index (κ1) is 14.5. The lowest BCUT2D eigenvalue weighted by Gasteiger charge is -2.15. The first-order valence-corrected chi connectivity index (χ1v) is 6.56. The Hall–Kier alpha value is -1.95. The van der Waals surface area contributed by atoms with Gasteiger partial charge in [-0.3, -0.25) is 9.79 Å². The molecule has 0 bridgehead atoms. The predicted octanol–water partition coefficient (Wildman–Crippen LogP) is 1.00. The summed E-state index contributed by atoms with van der Waals surface area (Å²) in [4.78, 5) is 18.5. The fraction of sp³-hybridized carbons (Fsp3) is 0.385. The minimum absolute atomic E-state index is 0.272. The average molecular weight is 297 g/mol. The van der Waals surface area contributed by atoms with Gasteiger partial charge in [-0.2, -0.15) is 0 Å². The molecular weight excluding hydrogens is 280 g/mol. The van der Waals surface area contributed by atoms with E-state index in [1.54, 1.807) is 0 Å². The molecule has 7 heteroatoms. The molecule has 6 nitrogen and oxygen atoms in total. The van der Waals surface area contributed by atoms with Crippen LogP contribution in [0.1, 0.15) is 10.4 Å². The highest BCUT2D eigenvalue weighted by Gasteiger charge is 2.17. The molecule has 1 heterocycles. The number of hydrogen-bond acceptors (Lipinski definition) is 5. The molecule has 1 aromatic rings. The number of aliphatic imine (C=N–C) groups is 1. The third-order valence-electron chi connectivity index (χ3n) is 3.14. The van der Waals surface area contributed by atoms with E-state index >= 15 is 0 Å². The van der Waals surface area contributed by atoms with E-state index in [0.717, 1.165) is 18.9 Å². The second kappa shape index (κ2) is 6.00. The molecule has 1 aliphatic rings. The first-order chi connectivity index (χ1) is 9.52. The van der Waals surface area contributed by atoms with Crippen molar-refractivity contribution in [3.63, 3.8) is 0 Å². The number of carbonyl (C=O) groups is 1. The summed E-state index contributed by atoms with van der Waals surface area (Å²) in [5.41, 5.74) is 6.42. The number of anilines is 1. The molecule has 0 aliphatic carbocycles. The van der Waals surface area contributed by atoms with Crippen molar-refractivity contribution in [2.24, 2.45) is 4.99 Å². The molecule has 1 aromatic carbocycles. The van der Waals surface area contributed by atoms with Gasteiger partial charge in [-0.25, -0.2) is 0 Å². The summed E-state index contributed by atoms with van der Waals surface area (Å²) in [5.74, 6) is 0.983. The summed E-state index contributed by atoms with van der Waals surface area (Å²) in [6.07, 6.45) is 0. The zero-order chi connectivity index (χ0) is 14.7. The number of carbonyl (C=O) groups excluding carboxylic acids is 1. The third kappa shape index (κ3) is 2.96. The second-order valence-corrected chi connectivity index (χ2v) is 4.88. The number of hydrogen-bond donors (Lipinski definition) is 2. The highest BCUT2D eigenvalue weighted by atomic mass is 35.5. The maximum Gasteiger partial charge on any atom is 0.255 e. The van der Waals surface area contributed by atoms with Gasteiger partial charge in [0.2, 0.25) is 0 Å². The van der Waals surface area contributed by atoms with Crippen molar-refractivity contribution in [2.45, 2.75) is 0 Å². The van der Waals surface area contributed by atoms with E-state index in [4.69, 9.17) is 22.1 Å². The number of nitrogens with zero attached hydrogens (tertiary/aromatic N) is 2. The molecule has 0 aromatic heterocycles. The van der Waals surface area contributed by atoms with Gasteiger partial charge in [0.1, 0.15) is 11.6 Å². The Labute approximate surface area is 122 Å². The van der Waals surface area contributed by atoms with E-state index < -0.39 is 0 Å². The summed E-state index contributed by atoms with van der Waals surface area (Å²) in [7, 11) is 3.42. The minimum Gasteiger partial charge on any atom is -0.496 e. The van der Waals surface area contributed by atoms with Crippen LogP contribution < -0.4 is 15.8 Å². The third-order valence-corrected chi connectivity index (χ3v) is 3.47. The largest absolute Gasteiger partial charge is 0.496 e. The quantitative estimate of drug-likeness (QED) is 0.813. The Bertz CT molecular complexity index is 560. The zero-order valence-corrected chi connectivity index (χ0v) is 12.2. The van der Waals surface area contributed by atoms with Crippen LogP contribution in [0.25, 0.3) is 0 Å². The lowest BCUT2D eigenvalue weighted by molar-refractivity contribution is 0.0955. The van der Waals surface area contributed by atoms with Gasteiger partial charge in [0.25, 0.3) is 5.91 Å². The molecule has 3 N–H and O–H groups in total. The molecule has 0 atom stereocenters. The van der Waals surface area contributed by atoms with Gasteiger partial charge >= 0.3 is 0 Å². The maximum absolute atomic E-state index is 12.2. The van der Waals surface area contributed by atoms with E-state index in [1.807, 2.05) is 11.9 Å². The van der Waals surface area contributed by atoms with Crippen molar-refractivity contribution in [1.29, 1.82) is 0 Å². The van der Waals surface area contributed by atoms with Crippen molar-refractivity contribution < 1.29 is 9.53 Å². The molecule has 0 spiro atoms. The van der Waals surface area contributed by atoms with Crippen LogP contribution in [0.4, 0.5) is 5.69 Å². The molecule has 20 heavy (non-hydrogen) atoms. The number of nitrogens with one attached hydrogen (secondary N) is 1. The number of methoxy groups -OCH3 is 1. The van der Waals surface area contributed by atoms with Crippen LogP contribution in [0.5, 0.6) is 5.75 Å². The molecule has 1 amide bonds. The summed E-state index contributed by atoms with van der Waals surface area (Å²) in [6, 6.07) is 3.04. The minimum atomic E-state index is -0.272. The Morgan fingerprint density at radius 2 is 2.35 bits per heavy atom. The molecule has 0 radical (unpaired) electrons. The fourth-order valence-electron chi connectivity index (χ4n) is 1.94. The molecule has 1 aliphatic heterocycles. The number of nitrogen functional groups attached to an aromatic ring is 1. The van der Waals surface area contributed by atoms with Crippen LogP contribution in [-0.2, 0) is 0 Å². The van der Waals surface area contributed by atoms with Crippen LogP contribution in [0.3, 0.4) is 0 Å². The summed E-state index contributed by atoms with van der Waals surface area (Å²) >= 11 is 5.94. The Morgan fingerprint density at radius 1 is 1.60 bits per heavy atom. The van der Waals surface area contributed by atoms with Crippen LogP contribution in [0.15, 0.2) is 17.1 Å². The van der Waals surface area contributed by atoms with Gasteiger partial charge in [0.15, 0.2) is 0 Å². The number of nitrogens with two attached hydrogens (primary N) is 1. The lowest BCUT2D eigenvalue weighted by atomic mass is 10.1. The van der Waals surface area contributed by atoms with Crippen molar-refractivity contribution in [3.8, 4) is 5.75 Å². The fourth-order valence-corrected chi connectivity index (χ4v) is 2.10. The summed E-state index contributed by atoms with van der Waals surface area (Å²) in [5, 5.41) is 3.13. The number of halogens is 1. The maximum atomic E-state index is 12.2. The highest BCUT2D eigenvalue weighted by Crippen LogP contribution is 2.28. The number of benzene rings is 1. The molecule has 108 valence electrons. The number of likely N-dealkylation sites (N-methyl/N-ethyl adjacent to an activating group) is 1. The van der Waals surface area contributed by atoms with Crippen molar-refractivity contribution in [2.75, 3.05) is 39.5 Å². The summed E-state index contributed by atoms with van der Waals surface area (Å²) in [6.45, 7) is 2.02. The van der Waals surface area contributed by atoms with Crippen molar-refractivity contribution in [1.82, 2.24) is 10.2 Å². The van der Waals surface area contributed by atoms with Gasteiger partial charge in [0, 0.05) is 19.7 Å². The van der Waals surface area contributed by atoms with Crippen LogP contribution in [0, 0.1) is 0 Å². The van der Waals surface area contributed by atoms with Gasteiger partial charge in [0.05, 0.1) is 36.5 Å². The second-order valence-electron chi connectivity index (χ2n) is 4.48. The van der Waals surface area contributed by atoms with E-state index in [1.165, 1.54) is 19.2 Å². The highest BCUT2D eigenvalue weighted by molar-refractivity contribution is 6.33. The van der Waals surface area contributed by atoms with E-state index in [0.29, 0.717) is 28.6 Å². The predicted molar refractivity (Wildman–Crippen MR) is 79.7 cm³/mol. The summed E-state index contributed by atoms with van der Waals surface area (Å²) < 4.78 is 5.16. The van der Waals surface area contributed by atoms with Gasteiger partial charge in [-0.15, -0.1) is 0 Å². The van der Waals surface area contributed by atoms with Gasteiger partial charge in [-0.05, 0) is 6.07 Å². The monoisotopic (exact) mass is 296 g/mol.